The van der Waals surface area contributed by atoms with Crippen molar-refractivity contribution in [2.45, 2.75) is 51.6 Å². The normalized spacial score (nSPS) is 26.9. The van der Waals surface area contributed by atoms with Crippen molar-refractivity contribution in [1.82, 2.24) is 10.2 Å². The van der Waals surface area contributed by atoms with Gasteiger partial charge in [0.1, 0.15) is 0 Å². The van der Waals surface area contributed by atoms with Crippen LogP contribution < -0.4 is 5.32 Å². The highest BCUT2D eigenvalue weighted by molar-refractivity contribution is 7.10. The number of thiophene rings is 1. The maximum absolute atomic E-state index is 12.3. The van der Waals surface area contributed by atoms with Crippen LogP contribution in [0.3, 0.4) is 0 Å². The largest absolute Gasteiger partial charge is 0.335 e. The Morgan fingerprint density at radius 1 is 1.37 bits per heavy atom. The first-order valence-electron chi connectivity index (χ1n) is 7.33. The monoisotopic (exact) mass is 278 g/mol. The highest BCUT2D eigenvalue weighted by Gasteiger charge is 2.25. The second kappa shape index (κ2) is 5.53. The third-order valence-corrected chi connectivity index (χ3v) is 5.46. The lowest BCUT2D eigenvalue weighted by atomic mass is 9.87. The number of hydrogen-bond donors (Lipinski definition) is 1. The van der Waals surface area contributed by atoms with E-state index in [1.165, 1.54) is 23.3 Å². The van der Waals surface area contributed by atoms with Gasteiger partial charge in [-0.3, -0.25) is 0 Å². The number of fused-ring (bicyclic) bond motifs is 1. The molecule has 0 spiro atoms. The van der Waals surface area contributed by atoms with Crippen molar-refractivity contribution >= 4 is 17.4 Å². The lowest BCUT2D eigenvalue weighted by Gasteiger charge is -2.32. The zero-order valence-electron chi connectivity index (χ0n) is 11.5. The molecule has 0 bridgehead atoms. The Balaban J connectivity index is 1.54. The molecule has 2 heterocycles. The van der Waals surface area contributed by atoms with Gasteiger partial charge < -0.3 is 10.2 Å². The molecule has 19 heavy (non-hydrogen) atoms. The van der Waals surface area contributed by atoms with Gasteiger partial charge in [0.25, 0.3) is 0 Å². The van der Waals surface area contributed by atoms with Crippen molar-refractivity contribution in [3.8, 4) is 0 Å². The fourth-order valence-corrected chi connectivity index (χ4v) is 3.98. The first-order valence-corrected chi connectivity index (χ1v) is 8.21. The molecule has 1 N–H and O–H groups in total. The summed E-state index contributed by atoms with van der Waals surface area (Å²) in [6, 6.07) is 2.69. The predicted molar refractivity (Wildman–Crippen MR) is 78.4 cm³/mol. The number of nitrogens with zero attached hydrogens (tertiary/aromatic N) is 1. The van der Waals surface area contributed by atoms with Gasteiger partial charge in [0.15, 0.2) is 0 Å². The molecule has 1 aliphatic carbocycles. The van der Waals surface area contributed by atoms with Crippen molar-refractivity contribution in [1.29, 1.82) is 0 Å². The Morgan fingerprint density at radius 2 is 2.16 bits per heavy atom. The number of rotatable bonds is 1. The first-order chi connectivity index (χ1) is 9.22. The molecule has 1 aromatic heterocycles. The zero-order chi connectivity index (χ0) is 13.2. The molecular weight excluding hydrogens is 256 g/mol. The average molecular weight is 278 g/mol. The molecule has 1 saturated carbocycles. The zero-order valence-corrected chi connectivity index (χ0v) is 12.3. The highest BCUT2D eigenvalue weighted by Crippen LogP contribution is 2.26. The Labute approximate surface area is 119 Å². The Morgan fingerprint density at radius 3 is 2.95 bits per heavy atom. The molecule has 0 aromatic carbocycles. The van der Waals surface area contributed by atoms with E-state index in [9.17, 15) is 4.79 Å². The fourth-order valence-electron chi connectivity index (χ4n) is 3.09. The van der Waals surface area contributed by atoms with Crippen molar-refractivity contribution in [2.75, 3.05) is 6.54 Å². The third-order valence-electron chi connectivity index (χ3n) is 4.44. The second-order valence-electron chi connectivity index (χ2n) is 5.95. The van der Waals surface area contributed by atoms with E-state index in [0.717, 1.165) is 38.3 Å². The van der Waals surface area contributed by atoms with Gasteiger partial charge in [0.2, 0.25) is 0 Å². The third kappa shape index (κ3) is 2.94. The van der Waals surface area contributed by atoms with E-state index < -0.39 is 0 Å². The van der Waals surface area contributed by atoms with Crippen molar-refractivity contribution < 1.29 is 4.79 Å². The molecule has 0 saturated heterocycles. The van der Waals surface area contributed by atoms with E-state index in [1.54, 1.807) is 0 Å². The van der Waals surface area contributed by atoms with Crippen LogP contribution >= 0.6 is 11.3 Å². The smallest absolute Gasteiger partial charge is 0.317 e. The van der Waals surface area contributed by atoms with Crippen molar-refractivity contribution in [2.24, 2.45) is 5.92 Å². The Hall–Kier alpha value is -1.03. The highest BCUT2D eigenvalue weighted by atomic mass is 32.1. The van der Waals surface area contributed by atoms with Gasteiger partial charge in [-0.25, -0.2) is 4.79 Å². The van der Waals surface area contributed by atoms with Crippen LogP contribution in [0.25, 0.3) is 0 Å². The van der Waals surface area contributed by atoms with Crippen LogP contribution in [-0.4, -0.2) is 23.5 Å². The summed E-state index contributed by atoms with van der Waals surface area (Å²) >= 11 is 1.82. The van der Waals surface area contributed by atoms with Gasteiger partial charge in [0.05, 0.1) is 0 Å². The summed E-state index contributed by atoms with van der Waals surface area (Å²) in [5, 5.41) is 5.36. The van der Waals surface area contributed by atoms with E-state index in [4.69, 9.17) is 0 Å². The van der Waals surface area contributed by atoms with Crippen LogP contribution in [0, 0.1) is 5.92 Å². The van der Waals surface area contributed by atoms with Crippen LogP contribution in [-0.2, 0) is 13.0 Å². The first kappa shape index (κ1) is 13.0. The minimum absolute atomic E-state index is 0.136. The van der Waals surface area contributed by atoms with Crippen LogP contribution in [0.15, 0.2) is 11.4 Å². The van der Waals surface area contributed by atoms with E-state index in [2.05, 4.69) is 23.7 Å². The topological polar surface area (TPSA) is 32.3 Å². The molecule has 0 radical (unpaired) electrons. The fraction of sp³-hybridized carbons (Fsp3) is 0.667. The van der Waals surface area contributed by atoms with E-state index in [0.29, 0.717) is 6.04 Å². The van der Waals surface area contributed by atoms with Crippen LogP contribution in [0.5, 0.6) is 0 Å². The van der Waals surface area contributed by atoms with Gasteiger partial charge in [-0.05, 0) is 55.0 Å². The molecule has 3 rings (SSSR count). The standard InChI is InChI=1S/C15H22N2OS/c1-11-2-4-13(5-3-11)16-15(18)17-8-6-14-12(10-17)7-9-19-14/h7,9,11,13H,2-6,8,10H2,1H3,(H,16,18). The van der Waals surface area contributed by atoms with Gasteiger partial charge in [-0.1, -0.05) is 6.92 Å². The quantitative estimate of drug-likeness (QED) is 0.839. The lowest BCUT2D eigenvalue weighted by molar-refractivity contribution is 0.182. The lowest BCUT2D eigenvalue weighted by Crippen LogP contribution is -2.47. The minimum Gasteiger partial charge on any atom is -0.335 e. The molecule has 2 aliphatic rings. The molecule has 4 heteroatoms. The van der Waals surface area contributed by atoms with Crippen molar-refractivity contribution in [3.05, 3.63) is 21.9 Å². The maximum atomic E-state index is 12.3. The summed E-state index contributed by atoms with van der Waals surface area (Å²) in [4.78, 5) is 15.7. The van der Waals surface area contributed by atoms with E-state index >= 15 is 0 Å². The van der Waals surface area contributed by atoms with E-state index in [1.807, 2.05) is 16.2 Å². The molecule has 2 amide bonds. The minimum atomic E-state index is 0.136. The maximum Gasteiger partial charge on any atom is 0.317 e. The average Bonchev–Trinajstić information content (AvgIpc) is 2.88. The van der Waals surface area contributed by atoms with Crippen LogP contribution in [0.4, 0.5) is 4.79 Å². The van der Waals surface area contributed by atoms with Crippen LogP contribution in [0.2, 0.25) is 0 Å². The summed E-state index contributed by atoms with van der Waals surface area (Å²) in [7, 11) is 0. The van der Waals surface area contributed by atoms with Gasteiger partial charge in [-0.2, -0.15) is 0 Å². The molecule has 1 aromatic rings. The van der Waals surface area contributed by atoms with Gasteiger partial charge in [-0.15, -0.1) is 11.3 Å². The van der Waals surface area contributed by atoms with Gasteiger partial charge >= 0.3 is 6.03 Å². The molecule has 0 unspecified atom stereocenters. The Bertz CT molecular complexity index is 449. The Kier molecular flexibility index (Phi) is 3.78. The summed E-state index contributed by atoms with van der Waals surface area (Å²) in [5.74, 6) is 0.830. The summed E-state index contributed by atoms with van der Waals surface area (Å²) in [6.45, 7) is 3.96. The number of urea groups is 1. The number of carbonyl (C=O) groups excluding carboxylic acids is 1. The molecule has 0 atom stereocenters. The molecule has 1 fully saturated rings. The number of nitrogens with one attached hydrogen (secondary N) is 1. The SMILES string of the molecule is CC1CCC(NC(=O)N2CCc3sccc3C2)CC1. The number of amides is 2. The van der Waals surface area contributed by atoms with Crippen LogP contribution in [0.1, 0.15) is 43.0 Å². The second-order valence-corrected chi connectivity index (χ2v) is 6.95. The molecular formula is C15H22N2OS. The summed E-state index contributed by atoms with van der Waals surface area (Å²) in [5.41, 5.74) is 1.34. The summed E-state index contributed by atoms with van der Waals surface area (Å²) in [6.07, 6.45) is 5.80. The number of hydrogen-bond acceptors (Lipinski definition) is 2. The summed E-state index contributed by atoms with van der Waals surface area (Å²) < 4.78 is 0. The van der Waals surface area contributed by atoms with Crippen molar-refractivity contribution in [3.63, 3.8) is 0 Å². The molecule has 3 nitrogen and oxygen atoms in total. The molecule has 1 aliphatic heterocycles. The molecule has 104 valence electrons. The van der Waals surface area contributed by atoms with E-state index in [-0.39, 0.29) is 6.03 Å². The van der Waals surface area contributed by atoms with Gasteiger partial charge in [0, 0.05) is 24.0 Å². The predicted octanol–water partition coefficient (Wildman–Crippen LogP) is 3.39. The number of carbonyl (C=O) groups is 1.